The van der Waals surface area contributed by atoms with E-state index < -0.39 is 12.0 Å². The number of hydrogen-bond donors (Lipinski definition) is 5. The summed E-state index contributed by atoms with van der Waals surface area (Å²) in [6.45, 7) is 1.75. The van der Waals surface area contributed by atoms with E-state index in [2.05, 4.69) is 4.99 Å². The molecule has 14 heavy (non-hydrogen) atoms. The van der Waals surface area contributed by atoms with Crippen LogP contribution >= 0.6 is 0 Å². The van der Waals surface area contributed by atoms with Gasteiger partial charge in [0.15, 0.2) is 0 Å². The predicted molar refractivity (Wildman–Crippen MR) is 50.9 cm³/mol. The fourth-order valence-corrected chi connectivity index (χ4v) is 0.875. The van der Waals surface area contributed by atoms with Crippen molar-refractivity contribution < 1.29 is 15.1 Å². The number of aliphatic carboxylic acids is 1. The van der Waals surface area contributed by atoms with E-state index in [0.717, 1.165) is 0 Å². The number of hydroxylamine groups is 1. The molecule has 2 atom stereocenters. The van der Waals surface area contributed by atoms with Gasteiger partial charge in [0, 0.05) is 0 Å². The summed E-state index contributed by atoms with van der Waals surface area (Å²) in [4.78, 5) is 14.2. The van der Waals surface area contributed by atoms with Crippen molar-refractivity contribution in [2.45, 2.75) is 31.8 Å². The fourth-order valence-electron chi connectivity index (χ4n) is 0.875. The Kier molecular flexibility index (Phi) is 5.58. The zero-order valence-corrected chi connectivity index (χ0v) is 7.97. The highest BCUT2D eigenvalue weighted by Gasteiger charge is 2.12. The van der Waals surface area contributed by atoms with E-state index in [0.29, 0.717) is 12.8 Å². The molecule has 82 valence electrons. The Hall–Kier alpha value is -1.34. The highest BCUT2D eigenvalue weighted by molar-refractivity contribution is 5.76. The first-order chi connectivity index (χ1) is 6.47. The second-order valence-corrected chi connectivity index (χ2v) is 3.00. The van der Waals surface area contributed by atoms with E-state index >= 15 is 0 Å². The molecule has 0 unspecified atom stereocenters. The molecule has 0 rings (SSSR count). The molecule has 0 aromatic rings. The van der Waals surface area contributed by atoms with Crippen molar-refractivity contribution in [2.24, 2.45) is 16.5 Å². The summed E-state index contributed by atoms with van der Waals surface area (Å²) in [5.74, 6) is -1.13. The number of nitrogens with one attached hydrogen (secondary N) is 1. The van der Waals surface area contributed by atoms with Gasteiger partial charge in [0.25, 0.3) is 0 Å². The second-order valence-electron chi connectivity index (χ2n) is 3.00. The number of carbonyl (C=O) groups is 1. The Morgan fingerprint density at radius 2 is 2.14 bits per heavy atom. The van der Waals surface area contributed by atoms with Gasteiger partial charge in [0.05, 0.1) is 6.04 Å². The Balaban J connectivity index is 3.85. The van der Waals surface area contributed by atoms with Gasteiger partial charge in [0.2, 0.25) is 5.96 Å². The van der Waals surface area contributed by atoms with E-state index in [1.54, 1.807) is 12.4 Å². The molecule has 0 aromatic carbocycles. The maximum atomic E-state index is 10.4. The summed E-state index contributed by atoms with van der Waals surface area (Å²) in [5.41, 5.74) is 12.2. The van der Waals surface area contributed by atoms with Crippen LogP contribution in [0.5, 0.6) is 0 Å². The molecule has 0 spiro atoms. The van der Waals surface area contributed by atoms with Crippen LogP contribution in [-0.2, 0) is 4.79 Å². The van der Waals surface area contributed by atoms with Crippen molar-refractivity contribution in [3.63, 3.8) is 0 Å². The molecule has 0 aliphatic carbocycles. The van der Waals surface area contributed by atoms with Gasteiger partial charge in [0.1, 0.15) is 6.04 Å². The van der Waals surface area contributed by atoms with Gasteiger partial charge in [-0.05, 0) is 19.8 Å². The van der Waals surface area contributed by atoms with Crippen LogP contribution in [0.15, 0.2) is 4.99 Å². The molecule has 7 N–H and O–H groups in total. The maximum Gasteiger partial charge on any atom is 0.320 e. The normalized spacial score (nSPS) is 16.1. The molecule has 0 aliphatic rings. The molecule has 0 heterocycles. The quantitative estimate of drug-likeness (QED) is 0.218. The SMILES string of the molecule is C[C@H](CC[C@H](N)C(=O)O)N=C(N)NO. The van der Waals surface area contributed by atoms with Crippen molar-refractivity contribution in [3.8, 4) is 0 Å². The fraction of sp³-hybridized carbons (Fsp3) is 0.714. The lowest BCUT2D eigenvalue weighted by atomic mass is 10.1. The minimum Gasteiger partial charge on any atom is -0.480 e. The number of nitrogens with zero attached hydrogens (tertiary/aromatic N) is 1. The Labute approximate surface area is 81.8 Å². The lowest BCUT2D eigenvalue weighted by molar-refractivity contribution is -0.138. The molecule has 7 nitrogen and oxygen atoms in total. The van der Waals surface area contributed by atoms with Crippen LogP contribution in [0.1, 0.15) is 19.8 Å². The van der Waals surface area contributed by atoms with Crippen molar-refractivity contribution >= 4 is 11.9 Å². The monoisotopic (exact) mass is 204 g/mol. The first-order valence-electron chi connectivity index (χ1n) is 4.19. The van der Waals surface area contributed by atoms with Gasteiger partial charge in [-0.2, -0.15) is 0 Å². The van der Waals surface area contributed by atoms with Crippen molar-refractivity contribution in [2.75, 3.05) is 0 Å². The third kappa shape index (κ3) is 5.33. The van der Waals surface area contributed by atoms with Gasteiger partial charge in [-0.25, -0.2) is 10.5 Å². The molecule has 0 amide bonds. The van der Waals surface area contributed by atoms with Crippen LogP contribution in [0, 0.1) is 0 Å². The molecular formula is C7H16N4O3. The first-order valence-corrected chi connectivity index (χ1v) is 4.19. The molecule has 0 fully saturated rings. The summed E-state index contributed by atoms with van der Waals surface area (Å²) in [6.07, 6.45) is 0.814. The molecule has 0 bridgehead atoms. The summed E-state index contributed by atoms with van der Waals surface area (Å²) in [5, 5.41) is 16.8. The minimum atomic E-state index is -1.03. The van der Waals surface area contributed by atoms with E-state index in [1.165, 1.54) is 0 Å². The van der Waals surface area contributed by atoms with Crippen molar-refractivity contribution in [1.82, 2.24) is 5.48 Å². The smallest absolute Gasteiger partial charge is 0.320 e. The van der Waals surface area contributed by atoms with Crippen LogP contribution in [0.3, 0.4) is 0 Å². The summed E-state index contributed by atoms with van der Waals surface area (Å²) < 4.78 is 0. The number of guanidine groups is 1. The van der Waals surface area contributed by atoms with Gasteiger partial charge in [-0.15, -0.1) is 0 Å². The van der Waals surface area contributed by atoms with Gasteiger partial charge >= 0.3 is 5.97 Å². The van der Waals surface area contributed by atoms with Gasteiger partial charge < -0.3 is 16.6 Å². The summed E-state index contributed by atoms with van der Waals surface area (Å²) in [6, 6.07) is -1.06. The predicted octanol–water partition coefficient (Wildman–Crippen LogP) is -1.14. The zero-order chi connectivity index (χ0) is 11.1. The Morgan fingerprint density at radius 1 is 1.57 bits per heavy atom. The van der Waals surface area contributed by atoms with Crippen LogP contribution in [-0.4, -0.2) is 34.3 Å². The molecule has 0 saturated carbocycles. The number of carboxylic acid groups (broad SMARTS) is 1. The number of nitrogens with two attached hydrogens (primary N) is 2. The molecule has 0 aromatic heterocycles. The molecule has 0 aliphatic heterocycles. The first kappa shape index (κ1) is 12.7. The topological polar surface area (TPSA) is 134 Å². The minimum absolute atomic E-state index is 0.0959. The van der Waals surface area contributed by atoms with E-state index in [9.17, 15) is 4.79 Å². The van der Waals surface area contributed by atoms with Crippen LogP contribution in [0.2, 0.25) is 0 Å². The van der Waals surface area contributed by atoms with Crippen molar-refractivity contribution in [1.29, 1.82) is 0 Å². The largest absolute Gasteiger partial charge is 0.480 e. The summed E-state index contributed by atoms with van der Waals surface area (Å²) in [7, 11) is 0. The Bertz CT molecular complexity index is 219. The van der Waals surface area contributed by atoms with E-state index in [-0.39, 0.29) is 12.0 Å². The molecule has 0 radical (unpaired) electrons. The Morgan fingerprint density at radius 3 is 2.57 bits per heavy atom. The molecular weight excluding hydrogens is 188 g/mol. The number of carboxylic acids is 1. The highest BCUT2D eigenvalue weighted by atomic mass is 16.5. The lowest BCUT2D eigenvalue weighted by Crippen LogP contribution is -2.32. The molecule has 0 saturated heterocycles. The second kappa shape index (κ2) is 6.17. The van der Waals surface area contributed by atoms with Crippen molar-refractivity contribution in [3.05, 3.63) is 0 Å². The average molecular weight is 204 g/mol. The number of rotatable bonds is 5. The lowest BCUT2D eigenvalue weighted by Gasteiger charge is -2.09. The zero-order valence-electron chi connectivity index (χ0n) is 7.97. The van der Waals surface area contributed by atoms with E-state index in [1.807, 2.05) is 0 Å². The van der Waals surface area contributed by atoms with Gasteiger partial charge in [-0.1, -0.05) is 0 Å². The number of aliphatic imine (C=N–C) groups is 1. The van der Waals surface area contributed by atoms with E-state index in [4.69, 9.17) is 21.8 Å². The average Bonchev–Trinajstić information content (AvgIpc) is 2.13. The summed E-state index contributed by atoms with van der Waals surface area (Å²) >= 11 is 0. The number of hydrogen-bond acceptors (Lipinski definition) is 4. The van der Waals surface area contributed by atoms with Crippen LogP contribution in [0.4, 0.5) is 0 Å². The van der Waals surface area contributed by atoms with Gasteiger partial charge in [-0.3, -0.25) is 10.0 Å². The third-order valence-corrected chi connectivity index (χ3v) is 1.69. The maximum absolute atomic E-state index is 10.4. The third-order valence-electron chi connectivity index (χ3n) is 1.69. The van der Waals surface area contributed by atoms with Crippen LogP contribution in [0.25, 0.3) is 0 Å². The molecule has 7 heteroatoms. The standard InChI is InChI=1S/C7H16N4O3/c1-4(10-7(9)11-14)2-3-5(8)6(12)13/h4-5,14H,2-3,8H2,1H3,(H,12,13)(H3,9,10,11)/t4-,5+/m1/s1. The highest BCUT2D eigenvalue weighted by Crippen LogP contribution is 2.03. The van der Waals surface area contributed by atoms with Crippen LogP contribution < -0.4 is 16.9 Å².